The molecule has 4 rings (SSSR count). The molecule has 1 aromatic heterocycles. The van der Waals surface area contributed by atoms with Crippen molar-refractivity contribution in [2.75, 3.05) is 7.11 Å². The number of carbonyl (C=O) groups excluding carboxylic acids is 4. The summed E-state index contributed by atoms with van der Waals surface area (Å²) in [7, 11) is 1.28. The summed E-state index contributed by atoms with van der Waals surface area (Å²) in [5, 5.41) is 7.10. The Balaban J connectivity index is 1.55. The van der Waals surface area contributed by atoms with Crippen molar-refractivity contribution in [3.63, 3.8) is 0 Å². The van der Waals surface area contributed by atoms with Crippen molar-refractivity contribution in [1.82, 2.24) is 10.6 Å². The quantitative estimate of drug-likeness (QED) is 0.344. The minimum atomic E-state index is -1.14. The van der Waals surface area contributed by atoms with Crippen LogP contribution in [0.25, 0.3) is 21.9 Å². The molecule has 0 saturated heterocycles. The molecule has 3 atom stereocenters. The second kappa shape index (κ2) is 12.2. The van der Waals surface area contributed by atoms with E-state index in [1.807, 2.05) is 56.3 Å². The van der Waals surface area contributed by atoms with E-state index < -0.39 is 28.7 Å². The van der Waals surface area contributed by atoms with Crippen LogP contribution in [0.4, 0.5) is 0 Å². The van der Waals surface area contributed by atoms with Gasteiger partial charge in [0.05, 0.1) is 12.4 Å². The zero-order chi connectivity index (χ0) is 28.2. The first-order valence-electron chi connectivity index (χ1n) is 13.5. The molecule has 2 N–H and O–H groups in total. The standard InChI is InChI=1S/C30H36N2O6S/c1-5-18(2)26(39-19(3)33)27(34)32-30(14-8-9-15-30)29(36)31-23(28(35)37-4)16-20-12-13-22-21-10-6-7-11-24(21)38-25(22)17-20/h6-7,10-13,17-18,23,26H,5,8-9,14-16H2,1-4H3,(H,31,36)(H,32,34)/t18-,23+,26+/m1/s1. The Labute approximate surface area is 232 Å². The molecule has 2 aromatic carbocycles. The fourth-order valence-electron chi connectivity index (χ4n) is 5.28. The average Bonchev–Trinajstić information content (AvgIpc) is 3.55. The van der Waals surface area contributed by atoms with Gasteiger partial charge in [0, 0.05) is 24.1 Å². The lowest BCUT2D eigenvalue weighted by atomic mass is 9.93. The van der Waals surface area contributed by atoms with E-state index in [1.165, 1.54) is 14.0 Å². The van der Waals surface area contributed by atoms with Gasteiger partial charge in [0.2, 0.25) is 11.8 Å². The molecule has 0 aliphatic heterocycles. The Morgan fingerprint density at radius 1 is 1.05 bits per heavy atom. The number of rotatable bonds is 10. The predicted octanol–water partition coefficient (Wildman–Crippen LogP) is 4.91. The van der Waals surface area contributed by atoms with Crippen LogP contribution in [0.2, 0.25) is 0 Å². The number of hydrogen-bond acceptors (Lipinski definition) is 7. The van der Waals surface area contributed by atoms with Gasteiger partial charge in [0.25, 0.3) is 0 Å². The summed E-state index contributed by atoms with van der Waals surface area (Å²) >= 11 is 0.995. The second-order valence-electron chi connectivity index (χ2n) is 10.4. The van der Waals surface area contributed by atoms with Gasteiger partial charge >= 0.3 is 5.97 Å². The molecular weight excluding hydrogens is 516 g/mol. The Kier molecular flexibility index (Phi) is 9.00. The van der Waals surface area contributed by atoms with Crippen molar-refractivity contribution in [2.45, 2.75) is 76.1 Å². The fraction of sp³-hybridized carbons (Fsp3) is 0.467. The normalized spacial score (nSPS) is 16.9. The summed E-state index contributed by atoms with van der Waals surface area (Å²) in [5.74, 6) is -1.36. The van der Waals surface area contributed by atoms with Gasteiger partial charge in [0.1, 0.15) is 22.7 Å². The maximum absolute atomic E-state index is 13.7. The van der Waals surface area contributed by atoms with E-state index in [2.05, 4.69) is 10.6 Å². The number of ether oxygens (including phenoxy) is 1. The van der Waals surface area contributed by atoms with Gasteiger partial charge in [-0.25, -0.2) is 4.79 Å². The van der Waals surface area contributed by atoms with E-state index in [0.29, 0.717) is 18.4 Å². The lowest BCUT2D eigenvalue weighted by Gasteiger charge is -2.33. The first kappa shape index (κ1) is 28.7. The smallest absolute Gasteiger partial charge is 0.328 e. The number of thioether (sulfide) groups is 1. The van der Waals surface area contributed by atoms with Crippen molar-refractivity contribution in [3.8, 4) is 0 Å². The van der Waals surface area contributed by atoms with E-state index in [-0.39, 0.29) is 23.4 Å². The van der Waals surface area contributed by atoms with Gasteiger partial charge in [-0.15, -0.1) is 0 Å². The molecule has 0 radical (unpaired) electrons. The Hall–Kier alpha value is -3.33. The molecule has 1 aliphatic rings. The highest BCUT2D eigenvalue weighted by Crippen LogP contribution is 2.33. The van der Waals surface area contributed by atoms with E-state index in [1.54, 1.807) is 0 Å². The van der Waals surface area contributed by atoms with E-state index >= 15 is 0 Å². The topological polar surface area (TPSA) is 115 Å². The van der Waals surface area contributed by atoms with Crippen LogP contribution in [0.15, 0.2) is 46.9 Å². The molecular formula is C30H36N2O6S. The number of fused-ring (bicyclic) bond motifs is 3. The number of benzene rings is 2. The third-order valence-corrected chi connectivity index (χ3v) is 8.90. The predicted molar refractivity (Wildman–Crippen MR) is 152 cm³/mol. The molecule has 1 aliphatic carbocycles. The summed E-state index contributed by atoms with van der Waals surface area (Å²) in [6, 6.07) is 12.6. The number of furan rings is 1. The van der Waals surface area contributed by atoms with Crippen molar-refractivity contribution in [2.24, 2.45) is 5.92 Å². The molecule has 8 nitrogen and oxygen atoms in total. The van der Waals surface area contributed by atoms with Crippen molar-refractivity contribution in [1.29, 1.82) is 0 Å². The SMILES string of the molecule is CC[C@@H](C)[C@H](SC(C)=O)C(=O)NC1(C(=O)N[C@@H](Cc2ccc3c(c2)oc2ccccc23)C(=O)OC)CCCC1. The molecule has 0 bridgehead atoms. The second-order valence-corrected chi connectivity index (χ2v) is 11.7. The maximum Gasteiger partial charge on any atom is 0.328 e. The number of esters is 1. The van der Waals surface area contributed by atoms with Crippen LogP contribution in [0, 0.1) is 5.92 Å². The third-order valence-electron chi connectivity index (χ3n) is 7.64. The number of para-hydroxylation sites is 1. The van der Waals surface area contributed by atoms with Crippen LogP contribution in [0.1, 0.15) is 58.4 Å². The molecule has 3 aromatic rings. The fourth-order valence-corrected chi connectivity index (χ4v) is 6.23. The highest BCUT2D eigenvalue weighted by atomic mass is 32.2. The molecule has 1 heterocycles. The molecule has 208 valence electrons. The zero-order valence-corrected chi connectivity index (χ0v) is 23.7. The minimum absolute atomic E-state index is 0.0450. The van der Waals surface area contributed by atoms with Gasteiger partial charge in [-0.05, 0) is 36.5 Å². The number of carbonyl (C=O) groups is 4. The molecule has 9 heteroatoms. The van der Waals surface area contributed by atoms with E-state index in [4.69, 9.17) is 9.15 Å². The van der Waals surface area contributed by atoms with Crippen molar-refractivity contribution < 1.29 is 28.3 Å². The molecule has 2 amide bonds. The van der Waals surface area contributed by atoms with Crippen LogP contribution in [0.5, 0.6) is 0 Å². The number of hydrogen-bond donors (Lipinski definition) is 2. The molecule has 1 saturated carbocycles. The zero-order valence-electron chi connectivity index (χ0n) is 22.9. The highest BCUT2D eigenvalue weighted by Gasteiger charge is 2.45. The number of amides is 2. The van der Waals surface area contributed by atoms with Crippen LogP contribution < -0.4 is 10.6 Å². The summed E-state index contributed by atoms with van der Waals surface area (Å²) < 4.78 is 11.0. The van der Waals surface area contributed by atoms with Crippen molar-refractivity contribution >= 4 is 56.6 Å². The van der Waals surface area contributed by atoms with Gasteiger partial charge in [-0.2, -0.15) is 0 Å². The number of methoxy groups -OCH3 is 1. The lowest BCUT2D eigenvalue weighted by Crippen LogP contribution is -2.61. The molecule has 1 fully saturated rings. The highest BCUT2D eigenvalue weighted by molar-refractivity contribution is 8.14. The summed E-state index contributed by atoms with van der Waals surface area (Å²) in [6.45, 7) is 5.33. The number of nitrogens with one attached hydrogen (secondary N) is 2. The third kappa shape index (κ3) is 6.30. The molecule has 0 spiro atoms. The van der Waals surface area contributed by atoms with Gasteiger partial charge < -0.3 is 19.8 Å². The van der Waals surface area contributed by atoms with Crippen LogP contribution in [-0.2, 0) is 30.3 Å². The first-order valence-corrected chi connectivity index (χ1v) is 14.3. The lowest BCUT2D eigenvalue weighted by molar-refractivity contribution is -0.146. The van der Waals surface area contributed by atoms with E-state index in [9.17, 15) is 19.2 Å². The molecule has 0 unspecified atom stereocenters. The average molecular weight is 553 g/mol. The van der Waals surface area contributed by atoms with Crippen LogP contribution in [-0.4, -0.2) is 46.8 Å². The Morgan fingerprint density at radius 3 is 2.41 bits per heavy atom. The van der Waals surface area contributed by atoms with Crippen LogP contribution >= 0.6 is 11.8 Å². The monoisotopic (exact) mass is 552 g/mol. The molecule has 39 heavy (non-hydrogen) atoms. The van der Waals surface area contributed by atoms with Gasteiger partial charge in [-0.3, -0.25) is 14.4 Å². The maximum atomic E-state index is 13.7. The van der Waals surface area contributed by atoms with Crippen LogP contribution in [0.3, 0.4) is 0 Å². The Bertz CT molecular complexity index is 1380. The summed E-state index contributed by atoms with van der Waals surface area (Å²) in [6.07, 6.45) is 3.38. The first-order chi connectivity index (χ1) is 18.7. The van der Waals surface area contributed by atoms with E-state index in [0.717, 1.165) is 52.9 Å². The Morgan fingerprint density at radius 2 is 1.74 bits per heavy atom. The van der Waals surface area contributed by atoms with Crippen molar-refractivity contribution in [3.05, 3.63) is 48.0 Å². The summed E-state index contributed by atoms with van der Waals surface area (Å²) in [5.41, 5.74) is 1.13. The van der Waals surface area contributed by atoms with Gasteiger partial charge in [0.15, 0.2) is 5.12 Å². The minimum Gasteiger partial charge on any atom is -0.467 e. The largest absolute Gasteiger partial charge is 0.467 e. The summed E-state index contributed by atoms with van der Waals surface area (Å²) in [4.78, 5) is 51.7. The van der Waals surface area contributed by atoms with Gasteiger partial charge in [-0.1, -0.05) is 75.2 Å².